The van der Waals surface area contributed by atoms with Gasteiger partial charge >= 0.3 is 6.03 Å². The molecule has 32 heavy (non-hydrogen) atoms. The molecule has 2 aliphatic heterocycles. The highest BCUT2D eigenvalue weighted by Crippen LogP contribution is 2.43. The number of halogens is 1. The lowest BCUT2D eigenvalue weighted by atomic mass is 9.77. The Hall–Kier alpha value is -3.43. The highest BCUT2D eigenvalue weighted by Gasteiger charge is 2.46. The molecule has 0 unspecified atom stereocenters. The lowest BCUT2D eigenvalue weighted by Crippen LogP contribution is -2.52. The Morgan fingerprint density at radius 3 is 2.53 bits per heavy atom. The summed E-state index contributed by atoms with van der Waals surface area (Å²) >= 11 is 0. The maximum Gasteiger partial charge on any atom is 0.317 e. The number of fused-ring (bicyclic) bond motifs is 2. The van der Waals surface area contributed by atoms with Crippen LogP contribution in [-0.2, 0) is 18.6 Å². The molecule has 0 radical (unpaired) electrons. The molecule has 1 saturated carbocycles. The summed E-state index contributed by atoms with van der Waals surface area (Å²) < 4.78 is 14.5. The maximum atomic E-state index is 13.1. The van der Waals surface area contributed by atoms with Gasteiger partial charge in [0.25, 0.3) is 11.5 Å². The molecule has 5 rings (SSSR count). The molecule has 170 valence electrons. The predicted molar refractivity (Wildman–Crippen MR) is 114 cm³/mol. The van der Waals surface area contributed by atoms with E-state index in [-0.39, 0.29) is 24.2 Å². The first kappa shape index (κ1) is 21.8. The highest BCUT2D eigenvalue weighted by atomic mass is 19.1. The average Bonchev–Trinajstić information content (AvgIpc) is 3.01. The number of nitrogens with zero attached hydrogens (tertiary/aromatic N) is 3. The summed E-state index contributed by atoms with van der Waals surface area (Å²) in [4.78, 5) is 44.2. The van der Waals surface area contributed by atoms with Gasteiger partial charge in [-0.3, -0.25) is 14.2 Å². The molecule has 1 aromatic heterocycles. The monoisotopic (exact) mass is 443 g/mol. The van der Waals surface area contributed by atoms with Gasteiger partial charge in [-0.15, -0.1) is 0 Å². The number of benzene rings is 1. The number of amides is 3. The van der Waals surface area contributed by atoms with Crippen molar-refractivity contribution in [1.82, 2.24) is 25.1 Å². The fraction of sp³-hybridized carbons (Fsp3) is 0.455. The number of nitrogens with one attached hydrogen (secondary N) is 2. The summed E-state index contributed by atoms with van der Waals surface area (Å²) in [5.74, 6) is -1.31. The molecule has 2 aromatic rings. The van der Waals surface area contributed by atoms with E-state index in [9.17, 15) is 23.9 Å². The molecule has 3 N–H and O–H groups in total. The first-order valence-corrected chi connectivity index (χ1v) is 10.6. The van der Waals surface area contributed by atoms with Gasteiger partial charge in [0, 0.05) is 27.2 Å². The molecule has 2 bridgehead atoms. The van der Waals surface area contributed by atoms with Gasteiger partial charge in [-0.05, 0) is 49.3 Å². The molecule has 10 heteroatoms. The van der Waals surface area contributed by atoms with Crippen molar-refractivity contribution in [1.29, 1.82) is 0 Å². The number of aromatic hydroxyl groups is 1. The third-order valence-electron chi connectivity index (χ3n) is 6.31. The van der Waals surface area contributed by atoms with Gasteiger partial charge in [0.15, 0.2) is 5.69 Å². The third-order valence-corrected chi connectivity index (χ3v) is 6.31. The zero-order valence-corrected chi connectivity index (χ0v) is 18.0. The molecule has 0 spiro atoms. The average molecular weight is 443 g/mol. The summed E-state index contributed by atoms with van der Waals surface area (Å²) in [5, 5.41) is 16.1. The Bertz CT molecular complexity index is 1100. The predicted octanol–water partition coefficient (Wildman–Crippen LogP) is 1.69. The van der Waals surface area contributed by atoms with Gasteiger partial charge < -0.3 is 20.6 Å². The zero-order chi connectivity index (χ0) is 23.0. The second-order valence-corrected chi connectivity index (χ2v) is 8.71. The standard InChI is InChI=1S/C22H26FN5O4/c1-27(2)21(32)26-22-9-7-14(8-10-22)12-28-19(31)17(29)16(25-20(22)28)18(30)24-11-13-3-5-15(23)6-4-13/h3-6,14,29H,7-12H2,1-2H3,(H,24,30)(H,26,32). The number of rotatable bonds is 4. The van der Waals surface area contributed by atoms with Crippen molar-refractivity contribution in [3.8, 4) is 5.75 Å². The van der Waals surface area contributed by atoms with Crippen molar-refractivity contribution in [2.45, 2.75) is 44.3 Å². The number of carbonyl (C=O) groups is 2. The van der Waals surface area contributed by atoms with Crippen LogP contribution in [-0.4, -0.2) is 45.6 Å². The molecule has 3 amide bonds. The second kappa shape index (κ2) is 8.25. The Morgan fingerprint density at radius 1 is 1.25 bits per heavy atom. The summed E-state index contributed by atoms with van der Waals surface area (Å²) in [6.07, 6.45) is 2.77. The first-order chi connectivity index (χ1) is 15.2. The van der Waals surface area contributed by atoms with Crippen LogP contribution in [0.3, 0.4) is 0 Å². The number of urea groups is 1. The van der Waals surface area contributed by atoms with E-state index >= 15 is 0 Å². The van der Waals surface area contributed by atoms with Crippen LogP contribution in [0.2, 0.25) is 0 Å². The molecule has 0 saturated heterocycles. The quantitative estimate of drug-likeness (QED) is 0.665. The van der Waals surface area contributed by atoms with Crippen molar-refractivity contribution in [3.05, 3.63) is 57.5 Å². The molecule has 0 atom stereocenters. The van der Waals surface area contributed by atoms with Crippen LogP contribution < -0.4 is 16.2 Å². The maximum absolute atomic E-state index is 13.1. The minimum absolute atomic E-state index is 0.0727. The minimum atomic E-state index is -0.896. The number of carbonyl (C=O) groups excluding carboxylic acids is 2. The summed E-state index contributed by atoms with van der Waals surface area (Å²) in [5.41, 5.74) is -1.32. The smallest absolute Gasteiger partial charge is 0.317 e. The lowest BCUT2D eigenvalue weighted by molar-refractivity contribution is 0.0941. The van der Waals surface area contributed by atoms with E-state index in [2.05, 4.69) is 15.6 Å². The van der Waals surface area contributed by atoms with Crippen molar-refractivity contribution >= 4 is 11.9 Å². The molecular formula is C22H26FN5O4. The van der Waals surface area contributed by atoms with Crippen molar-refractivity contribution in [3.63, 3.8) is 0 Å². The minimum Gasteiger partial charge on any atom is -0.501 e. The summed E-state index contributed by atoms with van der Waals surface area (Å²) in [6, 6.07) is 5.29. The fourth-order valence-corrected chi connectivity index (χ4v) is 4.44. The Morgan fingerprint density at radius 2 is 1.91 bits per heavy atom. The van der Waals surface area contributed by atoms with Crippen molar-refractivity contribution in [2.75, 3.05) is 14.1 Å². The van der Waals surface area contributed by atoms with Crippen LogP contribution in [0.4, 0.5) is 9.18 Å². The van der Waals surface area contributed by atoms with Crippen LogP contribution in [0.5, 0.6) is 5.75 Å². The van der Waals surface area contributed by atoms with Crippen molar-refractivity contribution < 1.29 is 19.1 Å². The summed E-state index contributed by atoms with van der Waals surface area (Å²) in [6.45, 7) is 0.453. The van der Waals surface area contributed by atoms with E-state index in [4.69, 9.17) is 0 Å². The van der Waals surface area contributed by atoms with E-state index in [0.717, 1.165) is 12.8 Å². The van der Waals surface area contributed by atoms with E-state index in [1.165, 1.54) is 33.7 Å². The van der Waals surface area contributed by atoms with Gasteiger partial charge in [-0.2, -0.15) is 0 Å². The lowest BCUT2D eigenvalue weighted by Gasteiger charge is -2.37. The summed E-state index contributed by atoms with van der Waals surface area (Å²) in [7, 11) is 3.25. The van der Waals surface area contributed by atoms with Gasteiger partial charge in [-0.25, -0.2) is 14.2 Å². The first-order valence-electron chi connectivity index (χ1n) is 10.6. The van der Waals surface area contributed by atoms with Gasteiger partial charge in [-0.1, -0.05) is 12.1 Å². The molecule has 9 nitrogen and oxygen atoms in total. The van der Waals surface area contributed by atoms with Crippen molar-refractivity contribution in [2.24, 2.45) is 5.92 Å². The highest BCUT2D eigenvalue weighted by molar-refractivity contribution is 5.94. The zero-order valence-electron chi connectivity index (χ0n) is 18.0. The topological polar surface area (TPSA) is 117 Å². The third kappa shape index (κ3) is 3.92. The number of hydrogen-bond acceptors (Lipinski definition) is 5. The molecular weight excluding hydrogens is 417 g/mol. The second-order valence-electron chi connectivity index (χ2n) is 8.71. The molecule has 1 aliphatic carbocycles. The molecule has 3 heterocycles. The van der Waals surface area contributed by atoms with E-state index in [0.29, 0.717) is 30.8 Å². The fourth-order valence-electron chi connectivity index (χ4n) is 4.44. The van der Waals surface area contributed by atoms with Gasteiger partial charge in [0.05, 0.1) is 5.54 Å². The Balaban J connectivity index is 1.70. The van der Waals surface area contributed by atoms with Gasteiger partial charge in [0.2, 0.25) is 5.75 Å². The molecule has 3 aliphatic rings. The van der Waals surface area contributed by atoms with E-state index < -0.39 is 28.6 Å². The largest absolute Gasteiger partial charge is 0.501 e. The van der Waals surface area contributed by atoms with Crippen LogP contribution in [0, 0.1) is 11.7 Å². The normalized spacial score (nSPS) is 21.4. The van der Waals surface area contributed by atoms with E-state index in [1.807, 2.05) is 0 Å². The molecule has 1 aromatic carbocycles. The molecule has 1 fully saturated rings. The van der Waals surface area contributed by atoms with E-state index in [1.54, 1.807) is 14.1 Å². The van der Waals surface area contributed by atoms with Gasteiger partial charge in [0.1, 0.15) is 11.6 Å². The van der Waals surface area contributed by atoms with Crippen LogP contribution >= 0.6 is 0 Å². The SMILES string of the molecule is CN(C)C(=O)NC12CCC(CC1)Cn1c2nc(C(=O)NCc2ccc(F)cc2)c(O)c1=O. The number of hydrogen-bond donors (Lipinski definition) is 3. The van der Waals surface area contributed by atoms with Crippen LogP contribution in [0.15, 0.2) is 29.1 Å². The van der Waals surface area contributed by atoms with Crippen LogP contribution in [0.1, 0.15) is 47.6 Å². The number of aromatic nitrogens is 2. The Labute approximate surface area is 184 Å². The Kier molecular flexibility index (Phi) is 5.62. The van der Waals surface area contributed by atoms with Crippen LogP contribution in [0.25, 0.3) is 0 Å².